The topological polar surface area (TPSA) is 95.6 Å². The van der Waals surface area contributed by atoms with Crippen LogP contribution in [-0.4, -0.2) is 22.2 Å². The summed E-state index contributed by atoms with van der Waals surface area (Å²) in [7, 11) is 0. The number of carbonyl (C=O) groups is 1. The van der Waals surface area contributed by atoms with Gasteiger partial charge < -0.3 is 15.9 Å². The Morgan fingerprint density at radius 2 is 1.67 bits per heavy atom. The minimum atomic E-state index is -1.11. The lowest BCUT2D eigenvalue weighted by atomic mass is 9.89. The van der Waals surface area contributed by atoms with Crippen LogP contribution in [0.5, 0.6) is 11.5 Å². The van der Waals surface area contributed by atoms with Gasteiger partial charge in [0.25, 0.3) is 0 Å². The zero-order valence-corrected chi connectivity index (χ0v) is 12.4. The number of nitrogens with two attached hydrogens (primary N) is 1. The molecule has 0 aliphatic heterocycles. The van der Waals surface area contributed by atoms with Crippen LogP contribution in [0.15, 0.2) is 18.2 Å². The van der Waals surface area contributed by atoms with Gasteiger partial charge in [0.2, 0.25) is 5.91 Å². The minimum Gasteiger partial charge on any atom is -0.508 e. The molecule has 1 aromatic carbocycles. The Labute approximate surface area is 125 Å². The maximum Gasteiger partial charge on any atom is 0.242 e. The predicted octanol–water partition coefficient (Wildman–Crippen LogP) is 2.11. The van der Waals surface area contributed by atoms with Crippen molar-refractivity contribution in [3.8, 4) is 11.5 Å². The third kappa shape index (κ3) is 3.67. The van der Waals surface area contributed by atoms with Crippen LogP contribution in [0.3, 0.4) is 0 Å². The van der Waals surface area contributed by atoms with Crippen molar-refractivity contribution in [2.75, 3.05) is 0 Å². The highest BCUT2D eigenvalue weighted by atomic mass is 16.3. The SMILES string of the molecule is CC(NC1CCCCCC1)(C(N)=O)c1cc(O)cc(O)c1. The fraction of sp³-hybridized carbons (Fsp3) is 0.562. The second kappa shape index (κ2) is 6.35. The monoisotopic (exact) mass is 292 g/mol. The Hall–Kier alpha value is -1.75. The van der Waals surface area contributed by atoms with E-state index >= 15 is 0 Å². The molecule has 5 N–H and O–H groups in total. The molecule has 0 aromatic heterocycles. The average Bonchev–Trinajstić information content (AvgIpc) is 2.65. The lowest BCUT2D eigenvalue weighted by molar-refractivity contribution is -0.124. The van der Waals surface area contributed by atoms with Crippen molar-refractivity contribution >= 4 is 5.91 Å². The molecule has 1 aromatic rings. The third-order valence-electron chi connectivity index (χ3n) is 4.32. The van der Waals surface area contributed by atoms with Gasteiger partial charge in [-0.3, -0.25) is 10.1 Å². The second-order valence-corrected chi connectivity index (χ2v) is 6.06. The summed E-state index contributed by atoms with van der Waals surface area (Å²) in [6.45, 7) is 1.70. The van der Waals surface area contributed by atoms with E-state index in [1.54, 1.807) is 6.92 Å². The van der Waals surface area contributed by atoms with Crippen molar-refractivity contribution in [1.29, 1.82) is 0 Å². The highest BCUT2D eigenvalue weighted by Crippen LogP contribution is 2.30. The quantitative estimate of drug-likeness (QED) is 0.639. The van der Waals surface area contributed by atoms with Gasteiger partial charge in [0.05, 0.1) is 0 Å². The summed E-state index contributed by atoms with van der Waals surface area (Å²) in [5.74, 6) is -0.683. The molecule has 1 fully saturated rings. The first-order valence-electron chi connectivity index (χ1n) is 7.53. The Bertz CT molecular complexity index is 490. The highest BCUT2D eigenvalue weighted by Gasteiger charge is 2.36. The van der Waals surface area contributed by atoms with Gasteiger partial charge in [-0.25, -0.2) is 0 Å². The first kappa shape index (κ1) is 15.6. The van der Waals surface area contributed by atoms with E-state index in [2.05, 4.69) is 5.32 Å². The first-order chi connectivity index (χ1) is 9.91. The standard InChI is InChI=1S/C16H24N2O3/c1-16(15(17)21,11-8-13(19)10-14(20)9-11)18-12-6-4-2-3-5-7-12/h8-10,12,18-20H,2-7H2,1H3,(H2,17,21). The molecule has 21 heavy (non-hydrogen) atoms. The third-order valence-corrected chi connectivity index (χ3v) is 4.32. The predicted molar refractivity (Wildman–Crippen MR) is 80.9 cm³/mol. The Morgan fingerprint density at radius 3 is 2.14 bits per heavy atom. The van der Waals surface area contributed by atoms with Crippen molar-refractivity contribution in [1.82, 2.24) is 5.32 Å². The van der Waals surface area contributed by atoms with E-state index in [9.17, 15) is 15.0 Å². The van der Waals surface area contributed by atoms with Gasteiger partial charge in [-0.2, -0.15) is 0 Å². The molecular weight excluding hydrogens is 268 g/mol. The number of benzene rings is 1. The zero-order valence-electron chi connectivity index (χ0n) is 12.4. The molecule has 1 saturated carbocycles. The number of rotatable bonds is 4. The summed E-state index contributed by atoms with van der Waals surface area (Å²) in [4.78, 5) is 12.0. The Kier molecular flexibility index (Phi) is 4.73. The molecule has 0 bridgehead atoms. The second-order valence-electron chi connectivity index (χ2n) is 6.06. The van der Waals surface area contributed by atoms with Crippen LogP contribution in [0, 0.1) is 0 Å². The average molecular weight is 292 g/mol. The molecule has 116 valence electrons. The summed E-state index contributed by atoms with van der Waals surface area (Å²) >= 11 is 0. The number of phenols is 2. The highest BCUT2D eigenvalue weighted by molar-refractivity contribution is 5.86. The van der Waals surface area contributed by atoms with Gasteiger partial charge in [0.15, 0.2) is 0 Å². The van der Waals surface area contributed by atoms with Crippen molar-refractivity contribution in [3.63, 3.8) is 0 Å². The smallest absolute Gasteiger partial charge is 0.242 e. The van der Waals surface area contributed by atoms with Gasteiger partial charge in [-0.05, 0) is 37.5 Å². The molecule has 0 radical (unpaired) electrons. The number of primary amides is 1. The molecule has 1 aliphatic carbocycles. The maximum absolute atomic E-state index is 12.0. The van der Waals surface area contributed by atoms with Crippen molar-refractivity contribution in [2.24, 2.45) is 5.73 Å². The van der Waals surface area contributed by atoms with Gasteiger partial charge in [0.1, 0.15) is 17.0 Å². The molecule has 1 atom stereocenters. The van der Waals surface area contributed by atoms with Crippen LogP contribution in [0.1, 0.15) is 51.0 Å². The van der Waals surface area contributed by atoms with Crippen LogP contribution >= 0.6 is 0 Å². The van der Waals surface area contributed by atoms with Crippen molar-refractivity contribution < 1.29 is 15.0 Å². The molecule has 2 rings (SSSR count). The first-order valence-corrected chi connectivity index (χ1v) is 7.53. The number of amides is 1. The van der Waals surface area contributed by atoms with Crippen LogP contribution in [-0.2, 0) is 10.3 Å². The van der Waals surface area contributed by atoms with Gasteiger partial charge in [0, 0.05) is 12.1 Å². The molecule has 1 unspecified atom stereocenters. The van der Waals surface area contributed by atoms with E-state index in [1.165, 1.54) is 31.0 Å². The lowest BCUT2D eigenvalue weighted by Gasteiger charge is -2.33. The van der Waals surface area contributed by atoms with E-state index in [-0.39, 0.29) is 17.5 Å². The molecule has 1 aliphatic rings. The molecule has 0 heterocycles. The van der Waals surface area contributed by atoms with Crippen molar-refractivity contribution in [2.45, 2.75) is 57.0 Å². The normalized spacial score (nSPS) is 19.7. The van der Waals surface area contributed by atoms with Crippen LogP contribution in [0.4, 0.5) is 0 Å². The summed E-state index contributed by atoms with van der Waals surface area (Å²) < 4.78 is 0. The van der Waals surface area contributed by atoms with Gasteiger partial charge >= 0.3 is 0 Å². The van der Waals surface area contributed by atoms with E-state index < -0.39 is 11.4 Å². The molecule has 0 spiro atoms. The summed E-state index contributed by atoms with van der Waals surface area (Å²) in [6.07, 6.45) is 6.73. The van der Waals surface area contributed by atoms with Crippen LogP contribution < -0.4 is 11.1 Å². The van der Waals surface area contributed by atoms with E-state index in [0.717, 1.165) is 25.7 Å². The lowest BCUT2D eigenvalue weighted by Crippen LogP contribution is -2.54. The zero-order chi connectivity index (χ0) is 15.5. The maximum atomic E-state index is 12.0. The molecule has 0 saturated heterocycles. The number of nitrogens with one attached hydrogen (secondary N) is 1. The number of hydrogen-bond donors (Lipinski definition) is 4. The van der Waals surface area contributed by atoms with E-state index in [0.29, 0.717) is 5.56 Å². The number of hydrogen-bond acceptors (Lipinski definition) is 4. The number of carbonyl (C=O) groups excluding carboxylic acids is 1. The minimum absolute atomic E-state index is 0.0832. The summed E-state index contributed by atoms with van der Waals surface area (Å²) in [5.41, 5.74) is 4.97. The molecule has 5 heteroatoms. The van der Waals surface area contributed by atoms with E-state index in [4.69, 9.17) is 5.73 Å². The van der Waals surface area contributed by atoms with Crippen LogP contribution in [0.25, 0.3) is 0 Å². The van der Waals surface area contributed by atoms with Crippen LogP contribution in [0.2, 0.25) is 0 Å². The largest absolute Gasteiger partial charge is 0.508 e. The summed E-state index contributed by atoms with van der Waals surface area (Å²) in [6, 6.07) is 4.38. The molecule has 5 nitrogen and oxygen atoms in total. The fourth-order valence-electron chi connectivity index (χ4n) is 3.01. The Morgan fingerprint density at radius 1 is 1.14 bits per heavy atom. The van der Waals surface area contributed by atoms with Gasteiger partial charge in [-0.1, -0.05) is 25.7 Å². The summed E-state index contributed by atoms with van der Waals surface area (Å²) in [5, 5.41) is 22.6. The Balaban J connectivity index is 2.28. The number of aromatic hydroxyl groups is 2. The molecule has 1 amide bonds. The van der Waals surface area contributed by atoms with E-state index in [1.807, 2.05) is 0 Å². The molecular formula is C16H24N2O3. The van der Waals surface area contributed by atoms with Gasteiger partial charge in [-0.15, -0.1) is 0 Å². The fourth-order valence-corrected chi connectivity index (χ4v) is 3.01. The number of phenolic OH excluding ortho intramolecular Hbond substituents is 2. The van der Waals surface area contributed by atoms with Crippen molar-refractivity contribution in [3.05, 3.63) is 23.8 Å².